The molecule has 10 nitrogen and oxygen atoms in total. The van der Waals surface area contributed by atoms with Gasteiger partial charge < -0.3 is 5.32 Å². The van der Waals surface area contributed by atoms with Crippen molar-refractivity contribution < 1.29 is 14.6 Å². The molecular weight excluding hydrogens is 378 g/mol. The number of benzene rings is 2. The number of aromatic nitrogens is 2. The Hall–Kier alpha value is -4.08. The van der Waals surface area contributed by atoms with Crippen LogP contribution in [0, 0.1) is 34.1 Å². The van der Waals surface area contributed by atoms with Gasteiger partial charge in [-0.15, -0.1) is 0 Å². The van der Waals surface area contributed by atoms with Gasteiger partial charge in [0.25, 0.3) is 17.3 Å². The minimum atomic E-state index is -0.771. The van der Waals surface area contributed by atoms with Gasteiger partial charge >= 0.3 is 0 Å². The first kappa shape index (κ1) is 19.7. The van der Waals surface area contributed by atoms with Gasteiger partial charge in [0.05, 0.1) is 33.7 Å². The van der Waals surface area contributed by atoms with Crippen molar-refractivity contribution in [3.63, 3.8) is 0 Å². The van der Waals surface area contributed by atoms with Crippen LogP contribution in [0.4, 0.5) is 17.2 Å². The zero-order chi connectivity index (χ0) is 21.1. The van der Waals surface area contributed by atoms with Gasteiger partial charge in [0.1, 0.15) is 5.82 Å². The Balaban J connectivity index is 1.95. The SMILES string of the molecule is Cc1cc(NC(=O)c2cc([N+](=O)[O-])cc([N+](=O)[O-])c2C)n(Cc2ccccc2)n1. The van der Waals surface area contributed by atoms with Crippen molar-refractivity contribution in [3.8, 4) is 0 Å². The molecule has 0 aliphatic carbocycles. The Labute approximate surface area is 165 Å². The van der Waals surface area contributed by atoms with Crippen molar-refractivity contribution in [1.29, 1.82) is 0 Å². The second-order valence-electron chi connectivity index (χ2n) is 6.42. The zero-order valence-electron chi connectivity index (χ0n) is 15.7. The van der Waals surface area contributed by atoms with Crippen LogP contribution < -0.4 is 5.32 Å². The molecule has 0 fully saturated rings. The van der Waals surface area contributed by atoms with Crippen molar-refractivity contribution in [2.24, 2.45) is 0 Å². The molecule has 10 heteroatoms. The number of hydrogen-bond donors (Lipinski definition) is 1. The maximum atomic E-state index is 12.8. The van der Waals surface area contributed by atoms with Gasteiger partial charge in [-0.2, -0.15) is 5.10 Å². The summed E-state index contributed by atoms with van der Waals surface area (Å²) in [5.74, 6) is -0.312. The van der Waals surface area contributed by atoms with E-state index in [1.54, 1.807) is 17.7 Å². The van der Waals surface area contributed by atoms with E-state index in [0.29, 0.717) is 18.1 Å². The average Bonchev–Trinajstić information content (AvgIpc) is 3.00. The Bertz CT molecular complexity index is 1110. The number of anilines is 1. The molecule has 29 heavy (non-hydrogen) atoms. The van der Waals surface area contributed by atoms with E-state index in [1.165, 1.54) is 6.92 Å². The molecule has 0 aliphatic rings. The van der Waals surface area contributed by atoms with Crippen molar-refractivity contribution in [3.05, 3.63) is 91.1 Å². The standard InChI is InChI=1S/C19H17N5O5/c1-12-8-18(22(21-12)11-14-6-4-3-5-7-14)20-19(25)16-9-15(23(26)27)10-17(13(16)2)24(28)29/h3-10H,11H2,1-2H3,(H,20,25). The number of nitrogens with one attached hydrogen (secondary N) is 1. The zero-order valence-corrected chi connectivity index (χ0v) is 15.7. The maximum Gasteiger partial charge on any atom is 0.279 e. The van der Waals surface area contributed by atoms with Gasteiger partial charge in [-0.1, -0.05) is 30.3 Å². The lowest BCUT2D eigenvalue weighted by Crippen LogP contribution is -2.18. The Morgan fingerprint density at radius 3 is 2.38 bits per heavy atom. The van der Waals surface area contributed by atoms with Crippen molar-refractivity contribution >= 4 is 23.1 Å². The second-order valence-corrected chi connectivity index (χ2v) is 6.42. The molecule has 1 aromatic heterocycles. The summed E-state index contributed by atoms with van der Waals surface area (Å²) < 4.78 is 1.59. The van der Waals surface area contributed by atoms with Crippen LogP contribution in [-0.2, 0) is 6.54 Å². The van der Waals surface area contributed by atoms with Crippen LogP contribution in [0.3, 0.4) is 0 Å². The molecule has 2 aromatic carbocycles. The molecule has 0 saturated carbocycles. The van der Waals surface area contributed by atoms with E-state index in [9.17, 15) is 25.0 Å². The molecule has 148 valence electrons. The number of nitro benzene ring substituents is 2. The molecule has 0 saturated heterocycles. The van der Waals surface area contributed by atoms with Gasteiger partial charge in [0.15, 0.2) is 0 Å². The largest absolute Gasteiger partial charge is 0.307 e. The van der Waals surface area contributed by atoms with Crippen molar-refractivity contribution in [2.75, 3.05) is 5.32 Å². The lowest BCUT2D eigenvalue weighted by atomic mass is 10.0. The summed E-state index contributed by atoms with van der Waals surface area (Å²) in [6, 6.07) is 13.0. The highest BCUT2D eigenvalue weighted by molar-refractivity contribution is 6.06. The third-order valence-electron chi connectivity index (χ3n) is 4.34. The number of nitro groups is 2. The highest BCUT2D eigenvalue weighted by Crippen LogP contribution is 2.28. The van der Waals surface area contributed by atoms with E-state index < -0.39 is 27.1 Å². The molecule has 0 atom stereocenters. The van der Waals surface area contributed by atoms with Crippen LogP contribution in [0.15, 0.2) is 48.5 Å². The summed E-state index contributed by atoms with van der Waals surface area (Å²) in [5.41, 5.74) is 0.519. The molecule has 1 amide bonds. The van der Waals surface area contributed by atoms with E-state index in [2.05, 4.69) is 10.4 Å². The normalized spacial score (nSPS) is 10.6. The first-order chi connectivity index (χ1) is 13.8. The van der Waals surface area contributed by atoms with E-state index in [4.69, 9.17) is 0 Å². The van der Waals surface area contributed by atoms with E-state index in [-0.39, 0.29) is 11.1 Å². The highest BCUT2D eigenvalue weighted by Gasteiger charge is 2.25. The molecule has 0 aliphatic heterocycles. The number of rotatable bonds is 6. The topological polar surface area (TPSA) is 133 Å². The van der Waals surface area contributed by atoms with Gasteiger partial charge in [-0.05, 0) is 19.4 Å². The van der Waals surface area contributed by atoms with Crippen LogP contribution in [0.5, 0.6) is 0 Å². The average molecular weight is 395 g/mol. The third kappa shape index (κ3) is 4.26. The van der Waals surface area contributed by atoms with Crippen molar-refractivity contribution in [1.82, 2.24) is 9.78 Å². The molecular formula is C19H17N5O5. The summed E-state index contributed by atoms with van der Waals surface area (Å²) in [6.07, 6.45) is 0. The predicted octanol–water partition coefficient (Wildman–Crippen LogP) is 3.62. The molecule has 0 unspecified atom stereocenters. The molecule has 3 aromatic rings. The summed E-state index contributed by atoms with van der Waals surface area (Å²) in [6.45, 7) is 3.54. The third-order valence-corrected chi connectivity index (χ3v) is 4.34. The number of hydrogen-bond acceptors (Lipinski definition) is 6. The lowest BCUT2D eigenvalue weighted by molar-refractivity contribution is -0.394. The van der Waals surface area contributed by atoms with Crippen LogP contribution in [0.25, 0.3) is 0 Å². The Kier molecular flexibility index (Phi) is 5.35. The van der Waals surface area contributed by atoms with Crippen LogP contribution in [0.1, 0.15) is 27.2 Å². The van der Waals surface area contributed by atoms with Crippen LogP contribution in [-0.4, -0.2) is 25.5 Å². The summed E-state index contributed by atoms with van der Waals surface area (Å²) >= 11 is 0. The van der Waals surface area contributed by atoms with Gasteiger partial charge in [-0.25, -0.2) is 4.68 Å². The first-order valence-electron chi connectivity index (χ1n) is 8.59. The van der Waals surface area contributed by atoms with Crippen LogP contribution >= 0.6 is 0 Å². The smallest absolute Gasteiger partial charge is 0.279 e. The summed E-state index contributed by atoms with van der Waals surface area (Å²) in [4.78, 5) is 33.6. The second kappa shape index (κ2) is 7.89. The van der Waals surface area contributed by atoms with Crippen LogP contribution in [0.2, 0.25) is 0 Å². The van der Waals surface area contributed by atoms with E-state index in [1.807, 2.05) is 30.3 Å². The van der Waals surface area contributed by atoms with Gasteiger partial charge in [0.2, 0.25) is 0 Å². The number of non-ortho nitro benzene ring substituents is 1. The highest BCUT2D eigenvalue weighted by atomic mass is 16.6. The number of carbonyl (C=O) groups is 1. The van der Waals surface area contributed by atoms with Gasteiger partial charge in [0, 0.05) is 17.7 Å². The number of amides is 1. The van der Waals surface area contributed by atoms with Crippen molar-refractivity contribution in [2.45, 2.75) is 20.4 Å². The summed E-state index contributed by atoms with van der Waals surface area (Å²) in [7, 11) is 0. The quantitative estimate of drug-likeness (QED) is 0.500. The molecule has 3 rings (SSSR count). The monoisotopic (exact) mass is 395 g/mol. The molecule has 0 bridgehead atoms. The Morgan fingerprint density at radius 1 is 1.07 bits per heavy atom. The Morgan fingerprint density at radius 2 is 1.76 bits per heavy atom. The predicted molar refractivity (Wildman–Crippen MR) is 105 cm³/mol. The molecule has 0 spiro atoms. The summed E-state index contributed by atoms with van der Waals surface area (Å²) in [5, 5.41) is 29.4. The van der Waals surface area contributed by atoms with E-state index in [0.717, 1.165) is 17.7 Å². The van der Waals surface area contributed by atoms with Gasteiger partial charge in [-0.3, -0.25) is 25.0 Å². The fourth-order valence-corrected chi connectivity index (χ4v) is 2.92. The molecule has 0 radical (unpaired) electrons. The first-order valence-corrected chi connectivity index (χ1v) is 8.59. The minimum absolute atomic E-state index is 0.0453. The molecule has 1 heterocycles. The number of carbonyl (C=O) groups excluding carboxylic acids is 1. The minimum Gasteiger partial charge on any atom is -0.307 e. The fourth-order valence-electron chi connectivity index (χ4n) is 2.92. The number of aryl methyl sites for hydroxylation is 1. The lowest BCUT2D eigenvalue weighted by Gasteiger charge is -2.11. The number of nitrogens with zero attached hydrogens (tertiary/aromatic N) is 4. The fraction of sp³-hybridized carbons (Fsp3) is 0.158. The molecule has 1 N–H and O–H groups in total. The maximum absolute atomic E-state index is 12.8. The van der Waals surface area contributed by atoms with E-state index >= 15 is 0 Å².